The molecule has 0 aliphatic carbocycles. The summed E-state index contributed by atoms with van der Waals surface area (Å²) in [5.41, 5.74) is 0.472. The molecule has 0 spiro atoms. The van der Waals surface area contributed by atoms with Gasteiger partial charge in [-0.1, -0.05) is 22.9 Å². The zero-order valence-corrected chi connectivity index (χ0v) is 13.4. The van der Waals surface area contributed by atoms with Crippen LogP contribution in [0.2, 0.25) is 0 Å². The second-order valence-electron chi connectivity index (χ2n) is 4.48. The van der Waals surface area contributed by atoms with Gasteiger partial charge in [0.05, 0.1) is 4.90 Å². The first-order valence-electron chi connectivity index (χ1n) is 6.03. The van der Waals surface area contributed by atoms with Crippen molar-refractivity contribution in [3.05, 3.63) is 29.8 Å². The van der Waals surface area contributed by atoms with Gasteiger partial charge in [-0.15, -0.1) is 0 Å². The van der Waals surface area contributed by atoms with Crippen LogP contribution >= 0.6 is 15.9 Å². The van der Waals surface area contributed by atoms with E-state index in [1.165, 1.54) is 24.3 Å². The average Bonchev–Trinajstić information content (AvgIpc) is 2.33. The van der Waals surface area contributed by atoms with Crippen LogP contribution in [0.15, 0.2) is 29.2 Å². The predicted molar refractivity (Wildman–Crippen MR) is 79.5 cm³/mol. The lowest BCUT2D eigenvalue weighted by molar-refractivity contribution is 0.0953. The Bertz CT molecular complexity index is 523. The number of carbonyl (C=O) groups excluding carboxylic acids is 1. The van der Waals surface area contributed by atoms with Crippen molar-refractivity contribution in [2.45, 2.75) is 29.5 Å². The molecule has 19 heavy (non-hydrogen) atoms. The molecule has 1 rings (SSSR count). The van der Waals surface area contributed by atoms with Crippen LogP contribution in [0.1, 0.15) is 30.1 Å². The van der Waals surface area contributed by atoms with Gasteiger partial charge in [0.1, 0.15) is 0 Å². The monoisotopic (exact) mass is 347 g/mol. The minimum atomic E-state index is -3.21. The molecule has 0 heterocycles. The number of halogens is 1. The first-order chi connectivity index (χ1) is 8.80. The number of alkyl halides is 1. The summed E-state index contributed by atoms with van der Waals surface area (Å²) in [6.45, 7) is 2.67. The third-order valence-corrected chi connectivity index (χ3v) is 4.20. The summed E-state index contributed by atoms with van der Waals surface area (Å²) < 4.78 is 22.6. The number of nitrogens with one attached hydrogen (secondary N) is 1. The fourth-order valence-corrected chi connectivity index (χ4v) is 2.50. The maximum atomic E-state index is 11.8. The Hall–Kier alpha value is -0.880. The highest BCUT2D eigenvalue weighted by atomic mass is 79.9. The van der Waals surface area contributed by atoms with Crippen molar-refractivity contribution < 1.29 is 13.2 Å². The van der Waals surface area contributed by atoms with E-state index in [2.05, 4.69) is 28.2 Å². The van der Waals surface area contributed by atoms with Gasteiger partial charge >= 0.3 is 0 Å². The Labute approximate surface area is 122 Å². The molecule has 0 saturated heterocycles. The van der Waals surface area contributed by atoms with E-state index in [-0.39, 0.29) is 10.8 Å². The van der Waals surface area contributed by atoms with Crippen LogP contribution in [-0.2, 0) is 9.84 Å². The molecule has 6 heteroatoms. The van der Waals surface area contributed by atoms with Gasteiger partial charge in [-0.3, -0.25) is 4.79 Å². The van der Waals surface area contributed by atoms with Crippen LogP contribution in [0.3, 0.4) is 0 Å². The number of carbonyl (C=O) groups is 1. The topological polar surface area (TPSA) is 63.2 Å². The molecule has 1 aromatic rings. The van der Waals surface area contributed by atoms with E-state index < -0.39 is 9.84 Å². The lowest BCUT2D eigenvalue weighted by Gasteiger charge is -2.06. The largest absolute Gasteiger partial charge is 0.352 e. The Morgan fingerprint density at radius 3 is 2.37 bits per heavy atom. The van der Waals surface area contributed by atoms with E-state index in [4.69, 9.17) is 0 Å². The summed E-state index contributed by atoms with van der Waals surface area (Å²) >= 11 is 3.44. The zero-order valence-electron chi connectivity index (χ0n) is 11.0. The average molecular weight is 348 g/mol. The summed E-state index contributed by atoms with van der Waals surface area (Å²) in [5.74, 6) is -0.178. The van der Waals surface area contributed by atoms with Gasteiger partial charge in [-0.25, -0.2) is 8.42 Å². The molecular formula is C13H18BrNO3S. The van der Waals surface area contributed by atoms with E-state index >= 15 is 0 Å². The van der Waals surface area contributed by atoms with Crippen molar-refractivity contribution in [1.29, 1.82) is 0 Å². The smallest absolute Gasteiger partial charge is 0.251 e. The Morgan fingerprint density at radius 2 is 1.89 bits per heavy atom. The Kier molecular flexibility index (Phi) is 6.00. The normalized spacial score (nSPS) is 13.0. The summed E-state index contributed by atoms with van der Waals surface area (Å²) in [4.78, 5) is 12.4. The van der Waals surface area contributed by atoms with Crippen LogP contribution < -0.4 is 5.32 Å². The maximum Gasteiger partial charge on any atom is 0.251 e. The molecule has 0 aliphatic rings. The predicted octanol–water partition coefficient (Wildman–Crippen LogP) is 2.38. The van der Waals surface area contributed by atoms with E-state index in [1.54, 1.807) is 0 Å². The molecule has 1 aromatic carbocycles. The minimum Gasteiger partial charge on any atom is -0.352 e. The molecule has 106 valence electrons. The minimum absolute atomic E-state index is 0.178. The summed E-state index contributed by atoms with van der Waals surface area (Å²) in [6.07, 6.45) is 3.04. The Morgan fingerprint density at radius 1 is 1.32 bits per heavy atom. The third kappa shape index (κ3) is 5.74. The van der Waals surface area contributed by atoms with Crippen molar-refractivity contribution in [3.8, 4) is 0 Å². The third-order valence-electron chi connectivity index (χ3n) is 2.61. The summed E-state index contributed by atoms with van der Waals surface area (Å²) in [5, 5.41) is 2.80. The fraction of sp³-hybridized carbons (Fsp3) is 0.462. The van der Waals surface area contributed by atoms with E-state index in [1.807, 2.05) is 0 Å². The first kappa shape index (κ1) is 16.2. The second kappa shape index (κ2) is 7.05. The lowest BCUT2D eigenvalue weighted by Crippen LogP contribution is -2.24. The van der Waals surface area contributed by atoms with Crippen LogP contribution in [0.5, 0.6) is 0 Å². The number of hydrogen-bond acceptors (Lipinski definition) is 3. The van der Waals surface area contributed by atoms with Crippen LogP contribution in [0.4, 0.5) is 0 Å². The van der Waals surface area contributed by atoms with Gasteiger partial charge in [-0.2, -0.15) is 0 Å². The molecule has 0 bridgehead atoms. The molecule has 1 N–H and O–H groups in total. The van der Waals surface area contributed by atoms with E-state index in [9.17, 15) is 13.2 Å². The number of amides is 1. The highest BCUT2D eigenvalue weighted by Gasteiger charge is 2.09. The maximum absolute atomic E-state index is 11.8. The van der Waals surface area contributed by atoms with Crippen molar-refractivity contribution in [3.63, 3.8) is 0 Å². The highest BCUT2D eigenvalue weighted by Crippen LogP contribution is 2.10. The molecule has 4 nitrogen and oxygen atoms in total. The van der Waals surface area contributed by atoms with E-state index in [0.717, 1.165) is 19.1 Å². The quantitative estimate of drug-likeness (QED) is 0.634. The van der Waals surface area contributed by atoms with Gasteiger partial charge in [0, 0.05) is 23.2 Å². The first-order valence-corrected chi connectivity index (χ1v) is 8.84. The molecular weight excluding hydrogens is 330 g/mol. The standard InChI is InChI=1S/C13H18BrNO3S/c1-10(14)4-3-9-15-13(16)11-5-7-12(8-6-11)19(2,17)18/h5-8,10H,3-4,9H2,1-2H3,(H,15,16). The molecule has 0 aromatic heterocycles. The number of benzene rings is 1. The molecule has 0 aliphatic heterocycles. The Balaban J connectivity index is 2.54. The summed E-state index contributed by atoms with van der Waals surface area (Å²) in [7, 11) is -3.21. The SMILES string of the molecule is CC(Br)CCCNC(=O)c1ccc(S(C)(=O)=O)cc1. The van der Waals surface area contributed by atoms with Crippen molar-refractivity contribution in [1.82, 2.24) is 5.32 Å². The van der Waals surface area contributed by atoms with Crippen molar-refractivity contribution in [2.75, 3.05) is 12.8 Å². The van der Waals surface area contributed by atoms with Gasteiger partial charge < -0.3 is 5.32 Å². The number of sulfone groups is 1. The second-order valence-corrected chi connectivity index (χ2v) is 8.05. The summed E-state index contributed by atoms with van der Waals surface area (Å²) in [6, 6.07) is 5.95. The molecule has 0 fully saturated rings. The lowest BCUT2D eigenvalue weighted by atomic mass is 10.2. The van der Waals surface area contributed by atoms with Crippen LogP contribution in [0.25, 0.3) is 0 Å². The van der Waals surface area contributed by atoms with Gasteiger partial charge in [0.2, 0.25) is 0 Å². The number of hydrogen-bond donors (Lipinski definition) is 1. The molecule has 0 radical (unpaired) electrons. The molecule has 1 amide bonds. The zero-order chi connectivity index (χ0) is 14.5. The van der Waals surface area contributed by atoms with Crippen molar-refractivity contribution >= 4 is 31.7 Å². The molecule has 0 saturated carbocycles. The van der Waals surface area contributed by atoms with Gasteiger partial charge in [0.15, 0.2) is 9.84 Å². The van der Waals surface area contributed by atoms with Gasteiger partial charge in [-0.05, 0) is 37.1 Å². The van der Waals surface area contributed by atoms with Gasteiger partial charge in [0.25, 0.3) is 5.91 Å². The number of rotatable bonds is 6. The fourth-order valence-electron chi connectivity index (χ4n) is 1.54. The van der Waals surface area contributed by atoms with Crippen LogP contribution in [0, 0.1) is 0 Å². The molecule has 1 unspecified atom stereocenters. The van der Waals surface area contributed by atoms with Crippen LogP contribution in [-0.4, -0.2) is 32.0 Å². The van der Waals surface area contributed by atoms with Crippen molar-refractivity contribution in [2.24, 2.45) is 0 Å². The highest BCUT2D eigenvalue weighted by molar-refractivity contribution is 9.09. The molecule has 1 atom stereocenters. The van der Waals surface area contributed by atoms with E-state index in [0.29, 0.717) is 16.9 Å².